The summed E-state index contributed by atoms with van der Waals surface area (Å²) in [5.74, 6) is -0.327. The number of rotatable bonds is 3. The second-order valence-corrected chi connectivity index (χ2v) is 6.39. The van der Waals surface area contributed by atoms with E-state index in [2.05, 4.69) is 0 Å². The van der Waals surface area contributed by atoms with Crippen molar-refractivity contribution in [3.05, 3.63) is 0 Å². The first kappa shape index (κ1) is 11.5. The van der Waals surface area contributed by atoms with Gasteiger partial charge in [-0.15, -0.1) is 0 Å². The summed E-state index contributed by atoms with van der Waals surface area (Å²) in [5, 5.41) is 9.35. The molecule has 1 fully saturated rings. The molecule has 0 bridgehead atoms. The standard InChI is InChI=1S/C8H15NO4S/c1-8(11)5-9(6-8)7(10)3-4-14(2,12)13/h11H,3-6H2,1-2H3. The van der Waals surface area contributed by atoms with Crippen molar-refractivity contribution in [2.75, 3.05) is 25.1 Å². The molecule has 0 spiro atoms. The first-order valence-electron chi connectivity index (χ1n) is 4.37. The van der Waals surface area contributed by atoms with Gasteiger partial charge in [0.1, 0.15) is 9.84 Å². The van der Waals surface area contributed by atoms with E-state index in [0.29, 0.717) is 13.1 Å². The molecule has 0 atom stereocenters. The molecule has 14 heavy (non-hydrogen) atoms. The van der Waals surface area contributed by atoms with Crippen LogP contribution in [-0.4, -0.2) is 55.0 Å². The number of amides is 1. The lowest BCUT2D eigenvalue weighted by atomic mass is 9.97. The average molecular weight is 221 g/mol. The molecule has 1 rings (SSSR count). The van der Waals surface area contributed by atoms with Crippen LogP contribution in [-0.2, 0) is 14.6 Å². The number of sulfone groups is 1. The van der Waals surface area contributed by atoms with Crippen LogP contribution in [0.1, 0.15) is 13.3 Å². The molecule has 0 aliphatic carbocycles. The summed E-state index contributed by atoms with van der Waals surface area (Å²) in [6.45, 7) is 2.25. The maximum atomic E-state index is 11.3. The lowest BCUT2D eigenvalue weighted by molar-refractivity contribution is -0.151. The van der Waals surface area contributed by atoms with Gasteiger partial charge in [0.05, 0.1) is 24.4 Å². The Hall–Kier alpha value is -0.620. The molecule has 0 saturated carbocycles. The molecule has 5 nitrogen and oxygen atoms in total. The van der Waals surface area contributed by atoms with Crippen molar-refractivity contribution in [2.24, 2.45) is 0 Å². The Kier molecular flexibility index (Phi) is 2.87. The fraction of sp³-hybridized carbons (Fsp3) is 0.875. The van der Waals surface area contributed by atoms with Crippen LogP contribution in [0.5, 0.6) is 0 Å². The van der Waals surface area contributed by atoms with E-state index >= 15 is 0 Å². The minimum absolute atomic E-state index is 0.00884. The predicted octanol–water partition coefficient (Wildman–Crippen LogP) is -0.986. The second kappa shape index (κ2) is 3.51. The lowest BCUT2D eigenvalue weighted by Crippen LogP contribution is -2.61. The van der Waals surface area contributed by atoms with E-state index in [-0.39, 0.29) is 18.1 Å². The molecular weight excluding hydrogens is 206 g/mol. The van der Waals surface area contributed by atoms with Gasteiger partial charge >= 0.3 is 0 Å². The normalized spacial score (nSPS) is 20.4. The van der Waals surface area contributed by atoms with Gasteiger partial charge in [0.25, 0.3) is 0 Å². The smallest absolute Gasteiger partial charge is 0.223 e. The zero-order chi connectivity index (χ0) is 11.0. The highest BCUT2D eigenvalue weighted by atomic mass is 32.2. The van der Waals surface area contributed by atoms with E-state index in [1.165, 1.54) is 4.90 Å². The molecule has 1 amide bonds. The fourth-order valence-electron chi connectivity index (χ4n) is 1.38. The van der Waals surface area contributed by atoms with Gasteiger partial charge in [-0.3, -0.25) is 4.79 Å². The third-order valence-electron chi connectivity index (χ3n) is 2.10. The molecular formula is C8H15NO4S. The zero-order valence-corrected chi connectivity index (χ0v) is 9.17. The quantitative estimate of drug-likeness (QED) is 0.664. The van der Waals surface area contributed by atoms with Crippen molar-refractivity contribution >= 4 is 15.7 Å². The third kappa shape index (κ3) is 3.26. The molecule has 1 heterocycles. The monoisotopic (exact) mass is 221 g/mol. The largest absolute Gasteiger partial charge is 0.386 e. The Morgan fingerprint density at radius 3 is 2.36 bits per heavy atom. The molecule has 6 heteroatoms. The molecule has 1 saturated heterocycles. The molecule has 1 N–H and O–H groups in total. The van der Waals surface area contributed by atoms with E-state index in [0.717, 1.165) is 6.26 Å². The van der Waals surface area contributed by atoms with Crippen molar-refractivity contribution in [1.82, 2.24) is 4.90 Å². The Balaban J connectivity index is 2.32. The van der Waals surface area contributed by atoms with Gasteiger partial charge in [-0.1, -0.05) is 0 Å². The maximum absolute atomic E-state index is 11.3. The van der Waals surface area contributed by atoms with Gasteiger partial charge in [-0.25, -0.2) is 8.42 Å². The van der Waals surface area contributed by atoms with E-state index in [9.17, 15) is 18.3 Å². The Labute approximate surface area is 83.6 Å². The van der Waals surface area contributed by atoms with Gasteiger partial charge in [-0.05, 0) is 6.92 Å². The van der Waals surface area contributed by atoms with Crippen molar-refractivity contribution in [2.45, 2.75) is 18.9 Å². The van der Waals surface area contributed by atoms with Gasteiger partial charge in [0, 0.05) is 12.7 Å². The molecule has 1 aliphatic rings. The Morgan fingerprint density at radius 1 is 1.50 bits per heavy atom. The fourth-order valence-corrected chi connectivity index (χ4v) is 1.93. The van der Waals surface area contributed by atoms with Crippen LogP contribution in [0.4, 0.5) is 0 Å². The van der Waals surface area contributed by atoms with Crippen molar-refractivity contribution in [3.63, 3.8) is 0 Å². The minimum Gasteiger partial charge on any atom is -0.386 e. The van der Waals surface area contributed by atoms with Crippen LogP contribution in [0.2, 0.25) is 0 Å². The number of aliphatic hydroxyl groups is 1. The molecule has 82 valence electrons. The van der Waals surface area contributed by atoms with Crippen LogP contribution in [0, 0.1) is 0 Å². The number of hydrogen-bond donors (Lipinski definition) is 1. The number of nitrogens with zero attached hydrogens (tertiary/aromatic N) is 1. The number of hydrogen-bond acceptors (Lipinski definition) is 4. The molecule has 0 aromatic heterocycles. The maximum Gasteiger partial charge on any atom is 0.223 e. The van der Waals surface area contributed by atoms with E-state index < -0.39 is 15.4 Å². The average Bonchev–Trinajstić information content (AvgIpc) is 1.94. The van der Waals surface area contributed by atoms with Gasteiger partial charge in [-0.2, -0.15) is 0 Å². The molecule has 1 aliphatic heterocycles. The SMILES string of the molecule is CC1(O)CN(C(=O)CCS(C)(=O)=O)C1. The Morgan fingerprint density at radius 2 is 2.00 bits per heavy atom. The topological polar surface area (TPSA) is 74.7 Å². The first-order chi connectivity index (χ1) is 6.20. The van der Waals surface area contributed by atoms with Gasteiger partial charge < -0.3 is 10.0 Å². The molecule has 0 unspecified atom stereocenters. The lowest BCUT2D eigenvalue weighted by Gasteiger charge is -2.44. The van der Waals surface area contributed by atoms with E-state index in [1.54, 1.807) is 6.92 Å². The second-order valence-electron chi connectivity index (χ2n) is 4.13. The molecule has 0 aromatic carbocycles. The molecule has 0 aromatic rings. The number of likely N-dealkylation sites (tertiary alicyclic amines) is 1. The summed E-state index contributed by atoms with van der Waals surface area (Å²) >= 11 is 0. The van der Waals surface area contributed by atoms with Crippen molar-refractivity contribution in [1.29, 1.82) is 0 Å². The summed E-state index contributed by atoms with van der Waals surface area (Å²) in [6.07, 6.45) is 1.11. The number of carbonyl (C=O) groups excluding carboxylic acids is 1. The summed E-state index contributed by atoms with van der Waals surface area (Å²) in [4.78, 5) is 12.8. The van der Waals surface area contributed by atoms with Crippen LogP contribution in [0.15, 0.2) is 0 Å². The Bertz CT molecular complexity index is 325. The summed E-state index contributed by atoms with van der Waals surface area (Å²) in [5.41, 5.74) is -0.791. The third-order valence-corrected chi connectivity index (χ3v) is 3.05. The van der Waals surface area contributed by atoms with E-state index in [4.69, 9.17) is 0 Å². The van der Waals surface area contributed by atoms with Gasteiger partial charge in [0.2, 0.25) is 5.91 Å². The van der Waals surface area contributed by atoms with Crippen molar-refractivity contribution in [3.8, 4) is 0 Å². The van der Waals surface area contributed by atoms with Gasteiger partial charge in [0.15, 0.2) is 0 Å². The van der Waals surface area contributed by atoms with Crippen molar-refractivity contribution < 1.29 is 18.3 Å². The van der Waals surface area contributed by atoms with Crippen LogP contribution >= 0.6 is 0 Å². The first-order valence-corrected chi connectivity index (χ1v) is 6.44. The number of β-amino-alcohol motifs (C(OH)–C–C–N with tert-alkyl or cyclic N) is 1. The van der Waals surface area contributed by atoms with E-state index in [1.807, 2.05) is 0 Å². The minimum atomic E-state index is -3.08. The highest BCUT2D eigenvalue weighted by molar-refractivity contribution is 7.90. The number of carbonyl (C=O) groups is 1. The highest BCUT2D eigenvalue weighted by Crippen LogP contribution is 2.20. The summed E-state index contributed by atoms with van der Waals surface area (Å²) in [7, 11) is -3.08. The van der Waals surface area contributed by atoms with Crippen LogP contribution in [0.3, 0.4) is 0 Å². The summed E-state index contributed by atoms with van der Waals surface area (Å²) < 4.78 is 21.5. The predicted molar refractivity (Wildman–Crippen MR) is 51.5 cm³/mol. The van der Waals surface area contributed by atoms with Crippen LogP contribution < -0.4 is 0 Å². The zero-order valence-electron chi connectivity index (χ0n) is 8.36. The summed E-state index contributed by atoms with van der Waals surface area (Å²) in [6, 6.07) is 0. The molecule has 0 radical (unpaired) electrons. The van der Waals surface area contributed by atoms with Crippen LogP contribution in [0.25, 0.3) is 0 Å². The highest BCUT2D eigenvalue weighted by Gasteiger charge is 2.39.